The molecule has 1 aromatic rings. The van der Waals surface area contributed by atoms with Gasteiger partial charge in [0.1, 0.15) is 0 Å². The number of imide groups is 1. The van der Waals surface area contributed by atoms with Gasteiger partial charge in [0.15, 0.2) is 0 Å². The summed E-state index contributed by atoms with van der Waals surface area (Å²) >= 11 is 12.8. The Morgan fingerprint density at radius 1 is 1.28 bits per heavy atom. The van der Waals surface area contributed by atoms with Crippen molar-refractivity contribution in [3.63, 3.8) is 0 Å². The molecule has 1 aliphatic rings. The van der Waals surface area contributed by atoms with E-state index in [-0.39, 0.29) is 29.1 Å². The number of amides is 3. The normalized spacial score (nSPS) is 15.7. The third-order valence-electron chi connectivity index (χ3n) is 3.18. The van der Waals surface area contributed by atoms with Gasteiger partial charge in [-0.25, -0.2) is 0 Å². The fourth-order valence-electron chi connectivity index (χ4n) is 2.06. The minimum Gasteiger partial charge on any atom is -0.351 e. The molecule has 0 saturated carbocycles. The maximum atomic E-state index is 12.4. The number of halogens is 2. The Bertz CT molecular complexity index is 786. The second-order valence-corrected chi connectivity index (χ2v) is 7.35. The summed E-state index contributed by atoms with van der Waals surface area (Å²) in [6.07, 6.45) is 3.02. The van der Waals surface area contributed by atoms with Gasteiger partial charge in [-0.05, 0) is 49.4 Å². The fourth-order valence-corrected chi connectivity index (χ4v) is 3.38. The van der Waals surface area contributed by atoms with E-state index < -0.39 is 5.91 Å². The molecular formula is C17H16Cl2N2O3S. The van der Waals surface area contributed by atoms with Gasteiger partial charge in [0.25, 0.3) is 11.1 Å². The summed E-state index contributed by atoms with van der Waals surface area (Å²) in [6.45, 7) is 3.92. The number of allylic oxidation sites excluding steroid dienone is 1. The van der Waals surface area contributed by atoms with Crippen molar-refractivity contribution in [2.45, 2.75) is 13.8 Å². The van der Waals surface area contributed by atoms with Gasteiger partial charge in [-0.1, -0.05) is 34.8 Å². The number of benzene rings is 1. The molecule has 0 unspecified atom stereocenters. The highest BCUT2D eigenvalue weighted by atomic mass is 35.5. The van der Waals surface area contributed by atoms with E-state index in [9.17, 15) is 14.4 Å². The van der Waals surface area contributed by atoms with Crippen LogP contribution in [0.15, 0.2) is 34.8 Å². The Morgan fingerprint density at radius 3 is 2.64 bits per heavy atom. The van der Waals surface area contributed by atoms with Crippen molar-refractivity contribution >= 4 is 58.1 Å². The molecule has 8 heteroatoms. The molecule has 132 valence electrons. The van der Waals surface area contributed by atoms with Crippen molar-refractivity contribution in [2.24, 2.45) is 0 Å². The molecule has 1 fully saturated rings. The summed E-state index contributed by atoms with van der Waals surface area (Å²) < 4.78 is 0. The van der Waals surface area contributed by atoms with Crippen molar-refractivity contribution in [3.05, 3.63) is 50.4 Å². The molecule has 0 aromatic heterocycles. The van der Waals surface area contributed by atoms with Gasteiger partial charge in [-0.3, -0.25) is 19.3 Å². The molecule has 3 amide bonds. The highest BCUT2D eigenvalue weighted by molar-refractivity contribution is 8.18. The molecular weight excluding hydrogens is 383 g/mol. The van der Waals surface area contributed by atoms with Crippen molar-refractivity contribution in [1.29, 1.82) is 0 Å². The second kappa shape index (κ2) is 8.56. The average Bonchev–Trinajstić information content (AvgIpc) is 2.76. The summed E-state index contributed by atoms with van der Waals surface area (Å²) in [5.74, 6) is -0.659. The fraction of sp³-hybridized carbons (Fsp3) is 0.235. The minimum absolute atomic E-state index is 0.110. The number of carbonyl (C=O) groups excluding carboxylic acids is 3. The highest BCUT2D eigenvalue weighted by Crippen LogP contribution is 2.33. The molecule has 0 spiro atoms. The molecule has 0 aliphatic carbocycles. The van der Waals surface area contributed by atoms with Gasteiger partial charge in [0.2, 0.25) is 5.91 Å². The molecule has 0 radical (unpaired) electrons. The third kappa shape index (κ3) is 5.36. The van der Waals surface area contributed by atoms with Gasteiger partial charge in [-0.2, -0.15) is 0 Å². The van der Waals surface area contributed by atoms with Crippen LogP contribution < -0.4 is 5.32 Å². The maximum absolute atomic E-state index is 12.4. The number of hydrogen-bond donors (Lipinski definition) is 1. The van der Waals surface area contributed by atoms with Crippen LogP contribution in [-0.2, 0) is 9.59 Å². The van der Waals surface area contributed by atoms with Crippen molar-refractivity contribution in [3.8, 4) is 0 Å². The van der Waals surface area contributed by atoms with Crippen LogP contribution >= 0.6 is 35.0 Å². The quantitative estimate of drug-likeness (QED) is 0.757. The standard InChI is InChI=1S/C17H16Cl2N2O3S/c1-10(2)7-15(22)20-5-6-21-16(23)14(25-17(21)24)8-11-3-4-12(18)9-13(11)19/h3-4,7-9H,5-6H2,1-2H3,(H,20,22)/b14-8-. The SMILES string of the molecule is CC(C)=CC(=O)NCCN1C(=O)S/C(=C\c2ccc(Cl)cc2Cl)C1=O. The smallest absolute Gasteiger partial charge is 0.293 e. The molecule has 2 rings (SSSR count). The van der Waals surface area contributed by atoms with E-state index in [2.05, 4.69) is 5.32 Å². The first-order chi connectivity index (χ1) is 11.8. The van der Waals surface area contributed by atoms with Gasteiger partial charge in [-0.15, -0.1) is 0 Å². The first-order valence-corrected chi connectivity index (χ1v) is 8.98. The number of thioether (sulfide) groups is 1. The number of nitrogens with one attached hydrogen (secondary N) is 1. The Morgan fingerprint density at radius 2 is 2.00 bits per heavy atom. The summed E-state index contributed by atoms with van der Waals surface area (Å²) in [7, 11) is 0. The minimum atomic E-state index is -0.405. The van der Waals surface area contributed by atoms with E-state index in [4.69, 9.17) is 23.2 Å². The van der Waals surface area contributed by atoms with Crippen LogP contribution in [0.5, 0.6) is 0 Å². The summed E-state index contributed by atoms with van der Waals surface area (Å²) in [5, 5.41) is 3.14. The molecule has 1 heterocycles. The van der Waals surface area contributed by atoms with Crippen LogP contribution in [-0.4, -0.2) is 35.0 Å². The predicted octanol–water partition coefficient (Wildman–Crippen LogP) is 4.11. The Balaban J connectivity index is 2.03. The number of rotatable bonds is 5. The van der Waals surface area contributed by atoms with Crippen molar-refractivity contribution in [2.75, 3.05) is 13.1 Å². The maximum Gasteiger partial charge on any atom is 0.293 e. The van der Waals surface area contributed by atoms with E-state index >= 15 is 0 Å². The first-order valence-electron chi connectivity index (χ1n) is 7.41. The zero-order valence-corrected chi connectivity index (χ0v) is 16.0. The van der Waals surface area contributed by atoms with Crippen LogP contribution in [0.1, 0.15) is 19.4 Å². The van der Waals surface area contributed by atoms with Crippen molar-refractivity contribution in [1.82, 2.24) is 10.2 Å². The van der Waals surface area contributed by atoms with E-state index in [1.807, 2.05) is 13.8 Å². The molecule has 1 aromatic carbocycles. The summed E-state index contributed by atoms with van der Waals surface area (Å²) in [5.41, 5.74) is 1.47. The van der Waals surface area contributed by atoms with Crippen LogP contribution in [0.2, 0.25) is 10.0 Å². The molecule has 25 heavy (non-hydrogen) atoms. The second-order valence-electron chi connectivity index (χ2n) is 5.51. The topological polar surface area (TPSA) is 66.5 Å². The van der Waals surface area contributed by atoms with Crippen LogP contribution in [0.25, 0.3) is 6.08 Å². The highest BCUT2D eigenvalue weighted by Gasteiger charge is 2.34. The first kappa shape index (κ1) is 19.6. The Labute approximate surface area is 160 Å². The molecule has 1 saturated heterocycles. The van der Waals surface area contributed by atoms with Crippen molar-refractivity contribution < 1.29 is 14.4 Å². The lowest BCUT2D eigenvalue weighted by Gasteiger charge is -2.12. The number of carbonyl (C=O) groups is 3. The third-order valence-corrected chi connectivity index (χ3v) is 4.65. The largest absolute Gasteiger partial charge is 0.351 e. The number of nitrogens with zero attached hydrogens (tertiary/aromatic N) is 1. The monoisotopic (exact) mass is 398 g/mol. The molecule has 1 aliphatic heterocycles. The Kier molecular flexibility index (Phi) is 6.70. The summed E-state index contributed by atoms with van der Waals surface area (Å²) in [6, 6.07) is 4.90. The molecule has 0 atom stereocenters. The van der Waals surface area contributed by atoms with Crippen LogP contribution in [0.4, 0.5) is 4.79 Å². The molecule has 5 nitrogen and oxygen atoms in total. The zero-order valence-electron chi connectivity index (χ0n) is 13.6. The van der Waals surface area contributed by atoms with E-state index in [0.29, 0.717) is 15.6 Å². The lowest BCUT2D eigenvalue weighted by molar-refractivity contribution is -0.123. The lowest BCUT2D eigenvalue weighted by atomic mass is 10.2. The number of hydrogen-bond acceptors (Lipinski definition) is 4. The Hall–Kier alpha value is -1.76. The molecule has 1 N–H and O–H groups in total. The lowest BCUT2D eigenvalue weighted by Crippen LogP contribution is -2.36. The van der Waals surface area contributed by atoms with E-state index in [1.165, 1.54) is 6.08 Å². The van der Waals surface area contributed by atoms with E-state index in [1.54, 1.807) is 24.3 Å². The van der Waals surface area contributed by atoms with E-state index in [0.717, 1.165) is 22.2 Å². The van der Waals surface area contributed by atoms with Crippen LogP contribution in [0.3, 0.4) is 0 Å². The summed E-state index contributed by atoms with van der Waals surface area (Å²) in [4.78, 5) is 37.3. The van der Waals surface area contributed by atoms with Crippen LogP contribution in [0, 0.1) is 0 Å². The zero-order chi connectivity index (χ0) is 18.6. The molecule has 0 bridgehead atoms. The average molecular weight is 399 g/mol. The predicted molar refractivity (Wildman–Crippen MR) is 102 cm³/mol. The van der Waals surface area contributed by atoms with Gasteiger partial charge in [0.05, 0.1) is 4.91 Å². The van der Waals surface area contributed by atoms with Gasteiger partial charge < -0.3 is 5.32 Å². The van der Waals surface area contributed by atoms with Gasteiger partial charge >= 0.3 is 0 Å². The van der Waals surface area contributed by atoms with Gasteiger partial charge in [0, 0.05) is 29.2 Å².